The van der Waals surface area contributed by atoms with E-state index in [4.69, 9.17) is 5.73 Å². The summed E-state index contributed by atoms with van der Waals surface area (Å²) in [6.45, 7) is 6.02. The van der Waals surface area contributed by atoms with E-state index >= 15 is 4.39 Å². The second kappa shape index (κ2) is 5.59. The van der Waals surface area contributed by atoms with Gasteiger partial charge in [-0.05, 0) is 62.8 Å². The minimum absolute atomic E-state index is 0.0197. The van der Waals surface area contributed by atoms with Crippen LogP contribution in [0.15, 0.2) is 16.9 Å². The van der Waals surface area contributed by atoms with Gasteiger partial charge in [0, 0.05) is 30.6 Å². The fourth-order valence-electron chi connectivity index (χ4n) is 4.11. The maximum absolute atomic E-state index is 15.2. The predicted molar refractivity (Wildman–Crippen MR) is 95.3 cm³/mol. The number of nitrogens with two attached hydrogens (primary N) is 1. The average Bonchev–Trinajstić information content (AvgIpc) is 3.30. The fourth-order valence-corrected chi connectivity index (χ4v) is 4.11. The molecule has 2 N–H and O–H groups in total. The summed E-state index contributed by atoms with van der Waals surface area (Å²) in [4.78, 5) is 14.5. The Morgan fingerprint density at radius 1 is 1.21 bits per heavy atom. The van der Waals surface area contributed by atoms with Crippen LogP contribution in [0.1, 0.15) is 36.4 Å². The van der Waals surface area contributed by atoms with Gasteiger partial charge in [-0.3, -0.25) is 4.79 Å². The van der Waals surface area contributed by atoms with Crippen LogP contribution in [0.25, 0.3) is 10.9 Å². The molecule has 1 aromatic heterocycles. The first-order valence-corrected chi connectivity index (χ1v) is 8.81. The summed E-state index contributed by atoms with van der Waals surface area (Å²) in [6, 6.07) is 3.62. The van der Waals surface area contributed by atoms with Crippen molar-refractivity contribution in [2.24, 2.45) is 11.7 Å². The van der Waals surface area contributed by atoms with Crippen LogP contribution in [0, 0.1) is 25.6 Å². The lowest BCUT2D eigenvalue weighted by molar-refractivity contribution is 0.595. The van der Waals surface area contributed by atoms with Crippen LogP contribution in [0.2, 0.25) is 0 Å². The first kappa shape index (κ1) is 15.6. The number of anilines is 1. The molecule has 1 aliphatic carbocycles. The third kappa shape index (κ3) is 2.25. The second-order valence-electron chi connectivity index (χ2n) is 7.28. The average molecular weight is 329 g/mol. The number of rotatable bonds is 3. The summed E-state index contributed by atoms with van der Waals surface area (Å²) in [7, 11) is 0. The predicted octanol–water partition coefficient (Wildman–Crippen LogP) is 2.88. The van der Waals surface area contributed by atoms with Crippen molar-refractivity contribution in [2.45, 2.75) is 39.2 Å². The van der Waals surface area contributed by atoms with Crippen LogP contribution in [0.4, 0.5) is 10.1 Å². The molecule has 4 rings (SSSR count). The zero-order valence-electron chi connectivity index (χ0n) is 14.3. The van der Waals surface area contributed by atoms with Crippen LogP contribution >= 0.6 is 0 Å². The maximum atomic E-state index is 15.2. The third-order valence-corrected chi connectivity index (χ3v) is 5.63. The first-order valence-electron chi connectivity index (χ1n) is 8.81. The lowest BCUT2D eigenvalue weighted by Crippen LogP contribution is -2.26. The van der Waals surface area contributed by atoms with Gasteiger partial charge in [-0.1, -0.05) is 0 Å². The molecule has 1 aromatic carbocycles. The Morgan fingerprint density at radius 2 is 1.96 bits per heavy atom. The Hall–Kier alpha value is -1.88. The van der Waals surface area contributed by atoms with Crippen molar-refractivity contribution < 1.29 is 4.39 Å². The third-order valence-electron chi connectivity index (χ3n) is 5.63. The van der Waals surface area contributed by atoms with Crippen LogP contribution in [0.5, 0.6) is 0 Å². The van der Waals surface area contributed by atoms with E-state index in [0.29, 0.717) is 23.7 Å². The Bertz CT molecular complexity index is 869. The van der Waals surface area contributed by atoms with Crippen LogP contribution in [-0.4, -0.2) is 24.2 Å². The lowest BCUT2D eigenvalue weighted by Gasteiger charge is -2.25. The van der Waals surface area contributed by atoms with Crippen LogP contribution < -0.4 is 16.2 Å². The van der Waals surface area contributed by atoms with Gasteiger partial charge in [0.15, 0.2) is 0 Å². The number of pyridine rings is 1. The molecular formula is C19H24FN3O. The van der Waals surface area contributed by atoms with Crippen molar-refractivity contribution in [1.29, 1.82) is 0 Å². The van der Waals surface area contributed by atoms with Crippen molar-refractivity contribution in [3.05, 3.63) is 39.4 Å². The molecule has 2 aromatic rings. The summed E-state index contributed by atoms with van der Waals surface area (Å²) in [6.07, 6.45) is 3.06. The summed E-state index contributed by atoms with van der Waals surface area (Å²) in [5.41, 5.74) is 8.91. The van der Waals surface area contributed by atoms with Crippen molar-refractivity contribution in [1.82, 2.24) is 4.57 Å². The number of nitrogens with zero attached hydrogens (tertiary/aromatic N) is 2. The minimum atomic E-state index is -0.154. The minimum Gasteiger partial charge on any atom is -0.369 e. The lowest BCUT2D eigenvalue weighted by atomic mass is 10.0. The molecule has 5 heteroatoms. The number of aromatic nitrogens is 1. The smallest absolute Gasteiger partial charge is 0.251 e. The number of hydrogen-bond donors (Lipinski definition) is 1. The highest BCUT2D eigenvalue weighted by molar-refractivity contribution is 5.91. The van der Waals surface area contributed by atoms with Gasteiger partial charge in [0.25, 0.3) is 5.56 Å². The molecule has 0 radical (unpaired) electrons. The van der Waals surface area contributed by atoms with E-state index < -0.39 is 0 Å². The molecule has 2 heterocycles. The van der Waals surface area contributed by atoms with Crippen LogP contribution in [0.3, 0.4) is 0 Å². The van der Waals surface area contributed by atoms with Crippen molar-refractivity contribution in [3.8, 4) is 0 Å². The molecule has 1 atom stereocenters. The van der Waals surface area contributed by atoms with Gasteiger partial charge in [0.2, 0.25) is 0 Å². The number of benzene rings is 1. The molecule has 128 valence electrons. The van der Waals surface area contributed by atoms with Crippen LogP contribution in [-0.2, 0) is 0 Å². The van der Waals surface area contributed by atoms with E-state index in [9.17, 15) is 4.79 Å². The standard InChI is InChI=1S/C19H24FN3O/c1-11-15-5-6-16(24)23(14-3-4-14)18(15)12(2)19(17(11)20)22-8-7-13(9-21)10-22/h5-6,13-14H,3-4,7-10,21H2,1-2H3. The van der Waals surface area contributed by atoms with E-state index in [1.54, 1.807) is 12.1 Å². The van der Waals surface area contributed by atoms with Gasteiger partial charge in [-0.25, -0.2) is 4.39 Å². The molecule has 1 unspecified atom stereocenters. The molecule has 2 fully saturated rings. The van der Waals surface area contributed by atoms with E-state index in [1.807, 2.05) is 18.4 Å². The Labute approximate surface area is 141 Å². The zero-order valence-corrected chi connectivity index (χ0v) is 14.3. The van der Waals surface area contributed by atoms with Crippen molar-refractivity contribution in [3.63, 3.8) is 0 Å². The number of fused-ring (bicyclic) bond motifs is 1. The Balaban J connectivity index is 1.98. The zero-order chi connectivity index (χ0) is 17.0. The quantitative estimate of drug-likeness (QED) is 0.942. The van der Waals surface area contributed by atoms with E-state index in [-0.39, 0.29) is 17.4 Å². The van der Waals surface area contributed by atoms with E-state index in [1.165, 1.54) is 0 Å². The Morgan fingerprint density at radius 3 is 2.58 bits per heavy atom. The monoisotopic (exact) mass is 329 g/mol. The number of halogens is 1. The highest BCUT2D eigenvalue weighted by Gasteiger charge is 2.31. The van der Waals surface area contributed by atoms with Crippen molar-refractivity contribution in [2.75, 3.05) is 24.5 Å². The first-order chi connectivity index (χ1) is 11.5. The molecule has 2 aliphatic rings. The highest BCUT2D eigenvalue weighted by atomic mass is 19.1. The molecule has 4 nitrogen and oxygen atoms in total. The molecular weight excluding hydrogens is 305 g/mol. The van der Waals surface area contributed by atoms with Gasteiger partial charge < -0.3 is 15.2 Å². The van der Waals surface area contributed by atoms with Gasteiger partial charge in [0.05, 0.1) is 11.2 Å². The molecule has 1 aliphatic heterocycles. The summed E-state index contributed by atoms with van der Waals surface area (Å²) in [5.74, 6) is 0.264. The summed E-state index contributed by atoms with van der Waals surface area (Å²) in [5, 5.41) is 0.856. The normalized spacial score (nSPS) is 21.0. The molecule has 0 spiro atoms. The van der Waals surface area contributed by atoms with Gasteiger partial charge in [0.1, 0.15) is 5.82 Å². The fraction of sp³-hybridized carbons (Fsp3) is 0.526. The van der Waals surface area contributed by atoms with E-state index in [2.05, 4.69) is 4.90 Å². The van der Waals surface area contributed by atoms with Gasteiger partial charge in [-0.2, -0.15) is 0 Å². The van der Waals surface area contributed by atoms with E-state index in [0.717, 1.165) is 48.8 Å². The van der Waals surface area contributed by atoms with Gasteiger partial charge in [-0.15, -0.1) is 0 Å². The molecule has 0 bridgehead atoms. The summed E-state index contributed by atoms with van der Waals surface area (Å²) < 4.78 is 17.1. The topological polar surface area (TPSA) is 51.3 Å². The number of aryl methyl sites for hydroxylation is 2. The second-order valence-corrected chi connectivity index (χ2v) is 7.28. The maximum Gasteiger partial charge on any atom is 0.251 e. The highest BCUT2D eigenvalue weighted by Crippen LogP contribution is 2.41. The largest absolute Gasteiger partial charge is 0.369 e. The molecule has 24 heavy (non-hydrogen) atoms. The molecule has 1 saturated carbocycles. The molecule has 1 saturated heterocycles. The SMILES string of the molecule is Cc1c(F)c(N2CCC(CN)C2)c(C)c2c1ccc(=O)n2C1CC1. The summed E-state index contributed by atoms with van der Waals surface area (Å²) >= 11 is 0. The van der Waals surface area contributed by atoms with Crippen molar-refractivity contribution >= 4 is 16.6 Å². The number of hydrogen-bond acceptors (Lipinski definition) is 3. The van der Waals surface area contributed by atoms with Gasteiger partial charge >= 0.3 is 0 Å². The molecule has 0 amide bonds. The Kier molecular flexibility index (Phi) is 3.64.